The summed E-state index contributed by atoms with van der Waals surface area (Å²) in [4.78, 5) is 12.8. The molecule has 3 aromatic rings. The summed E-state index contributed by atoms with van der Waals surface area (Å²) in [6.45, 7) is 1.91. The predicted octanol–water partition coefficient (Wildman–Crippen LogP) is 3.56. The first-order chi connectivity index (χ1) is 14.9. The summed E-state index contributed by atoms with van der Waals surface area (Å²) >= 11 is 0. The van der Waals surface area contributed by atoms with Crippen molar-refractivity contribution >= 4 is 21.6 Å². The van der Waals surface area contributed by atoms with E-state index in [-0.39, 0.29) is 17.3 Å². The molecular weight excluding hydrogens is 412 g/mol. The average molecular weight is 439 g/mol. The van der Waals surface area contributed by atoms with Gasteiger partial charge in [-0.05, 0) is 48.7 Å². The van der Waals surface area contributed by atoms with Crippen LogP contribution in [0, 0.1) is 6.92 Å². The lowest BCUT2D eigenvalue weighted by Crippen LogP contribution is -2.41. The van der Waals surface area contributed by atoms with E-state index in [2.05, 4.69) is 5.32 Å². The van der Waals surface area contributed by atoms with Gasteiger partial charge in [0.05, 0.1) is 17.7 Å². The zero-order valence-electron chi connectivity index (χ0n) is 17.6. The summed E-state index contributed by atoms with van der Waals surface area (Å²) in [5.41, 5.74) is 2.27. The van der Waals surface area contributed by atoms with Crippen LogP contribution in [0.2, 0.25) is 0 Å². The second-order valence-electron chi connectivity index (χ2n) is 7.09. The third kappa shape index (κ3) is 5.64. The van der Waals surface area contributed by atoms with Crippen molar-refractivity contribution in [1.82, 2.24) is 5.32 Å². The van der Waals surface area contributed by atoms with E-state index in [9.17, 15) is 13.2 Å². The van der Waals surface area contributed by atoms with Gasteiger partial charge in [-0.2, -0.15) is 0 Å². The number of nitrogens with one attached hydrogen (secondary N) is 1. The Labute approximate surface area is 183 Å². The summed E-state index contributed by atoms with van der Waals surface area (Å²) in [7, 11) is -2.51. The lowest BCUT2D eigenvalue weighted by molar-refractivity contribution is -0.119. The van der Waals surface area contributed by atoms with E-state index in [1.54, 1.807) is 30.3 Å². The minimum absolute atomic E-state index is 0.107. The molecule has 0 heterocycles. The number of anilines is 1. The molecule has 31 heavy (non-hydrogen) atoms. The van der Waals surface area contributed by atoms with Crippen LogP contribution in [0.1, 0.15) is 11.1 Å². The van der Waals surface area contributed by atoms with E-state index in [4.69, 9.17) is 4.74 Å². The summed E-state index contributed by atoms with van der Waals surface area (Å²) in [6.07, 6.45) is 0.659. The highest BCUT2D eigenvalue weighted by molar-refractivity contribution is 7.92. The third-order valence-corrected chi connectivity index (χ3v) is 6.57. The van der Waals surface area contributed by atoms with Gasteiger partial charge in [-0.15, -0.1) is 0 Å². The molecule has 0 atom stereocenters. The molecule has 0 aliphatic heterocycles. The van der Waals surface area contributed by atoms with Gasteiger partial charge < -0.3 is 10.1 Å². The zero-order chi connectivity index (χ0) is 22.3. The zero-order valence-corrected chi connectivity index (χ0v) is 18.4. The van der Waals surface area contributed by atoms with Crippen molar-refractivity contribution in [3.63, 3.8) is 0 Å². The molecule has 6 nitrogen and oxygen atoms in total. The van der Waals surface area contributed by atoms with Crippen LogP contribution >= 0.6 is 0 Å². The molecule has 0 aliphatic rings. The van der Waals surface area contributed by atoms with Crippen molar-refractivity contribution in [2.75, 3.05) is 24.5 Å². The number of amides is 1. The van der Waals surface area contributed by atoms with Crippen molar-refractivity contribution in [1.29, 1.82) is 0 Å². The van der Waals surface area contributed by atoms with E-state index >= 15 is 0 Å². The molecule has 0 saturated carbocycles. The largest absolute Gasteiger partial charge is 0.495 e. The molecule has 0 bridgehead atoms. The minimum atomic E-state index is -3.98. The first-order valence-electron chi connectivity index (χ1n) is 9.95. The summed E-state index contributed by atoms with van der Waals surface area (Å²) < 4.78 is 33.4. The SMILES string of the molecule is COc1ccc(C)cc1N(CC(=O)NCCc1ccccc1)S(=O)(=O)c1ccccc1. The Morgan fingerprint density at radius 1 is 0.968 bits per heavy atom. The second kappa shape index (κ2) is 10.1. The molecule has 162 valence electrons. The molecule has 0 fully saturated rings. The molecule has 0 unspecified atom stereocenters. The lowest BCUT2D eigenvalue weighted by atomic mass is 10.1. The number of ether oxygens (including phenoxy) is 1. The fourth-order valence-electron chi connectivity index (χ4n) is 3.19. The second-order valence-corrected chi connectivity index (χ2v) is 8.95. The monoisotopic (exact) mass is 438 g/mol. The molecule has 0 radical (unpaired) electrons. The van der Waals surface area contributed by atoms with Crippen molar-refractivity contribution in [2.45, 2.75) is 18.2 Å². The van der Waals surface area contributed by atoms with Crippen molar-refractivity contribution in [3.05, 3.63) is 90.0 Å². The van der Waals surface area contributed by atoms with Gasteiger partial charge in [-0.3, -0.25) is 9.10 Å². The molecule has 3 rings (SSSR count). The van der Waals surface area contributed by atoms with Crippen molar-refractivity contribution < 1.29 is 17.9 Å². The molecular formula is C24H26N2O4S. The van der Waals surface area contributed by atoms with Gasteiger partial charge in [0, 0.05) is 6.54 Å². The molecule has 3 aromatic carbocycles. The van der Waals surface area contributed by atoms with Gasteiger partial charge in [0.1, 0.15) is 12.3 Å². The number of methoxy groups -OCH3 is 1. The standard InChI is InChI=1S/C24H26N2O4S/c1-19-13-14-23(30-2)22(17-19)26(31(28,29)21-11-7-4-8-12-21)18-24(27)25-16-15-20-9-5-3-6-10-20/h3-14,17H,15-16,18H2,1-2H3,(H,25,27). The number of benzene rings is 3. The Morgan fingerprint density at radius 3 is 2.26 bits per heavy atom. The highest BCUT2D eigenvalue weighted by atomic mass is 32.2. The smallest absolute Gasteiger partial charge is 0.264 e. The first-order valence-corrected chi connectivity index (χ1v) is 11.4. The van der Waals surface area contributed by atoms with Crippen LogP contribution in [-0.4, -0.2) is 34.5 Å². The summed E-state index contributed by atoms with van der Waals surface area (Å²) in [5.74, 6) is -0.0128. The maximum Gasteiger partial charge on any atom is 0.264 e. The lowest BCUT2D eigenvalue weighted by Gasteiger charge is -2.26. The molecule has 0 spiro atoms. The van der Waals surface area contributed by atoms with E-state index in [1.165, 1.54) is 19.2 Å². The molecule has 1 N–H and O–H groups in total. The van der Waals surface area contributed by atoms with Crippen LogP contribution in [0.3, 0.4) is 0 Å². The van der Waals surface area contributed by atoms with E-state index < -0.39 is 10.0 Å². The van der Waals surface area contributed by atoms with Crippen LogP contribution < -0.4 is 14.4 Å². The van der Waals surface area contributed by atoms with Crippen molar-refractivity contribution in [2.24, 2.45) is 0 Å². The fourth-order valence-corrected chi connectivity index (χ4v) is 4.64. The molecule has 0 aromatic heterocycles. The van der Waals surface area contributed by atoms with Crippen molar-refractivity contribution in [3.8, 4) is 5.75 Å². The Balaban J connectivity index is 1.86. The molecule has 0 aliphatic carbocycles. The quantitative estimate of drug-likeness (QED) is 0.554. The molecule has 1 amide bonds. The minimum Gasteiger partial charge on any atom is -0.495 e. The Hall–Kier alpha value is -3.32. The van der Waals surface area contributed by atoms with Gasteiger partial charge in [-0.25, -0.2) is 8.42 Å². The number of hydrogen-bond acceptors (Lipinski definition) is 4. The number of hydrogen-bond donors (Lipinski definition) is 1. The average Bonchev–Trinajstić information content (AvgIpc) is 2.78. The normalized spacial score (nSPS) is 11.0. The van der Waals surface area contributed by atoms with Gasteiger partial charge in [0.15, 0.2) is 0 Å². The number of carbonyl (C=O) groups is 1. The van der Waals surface area contributed by atoms with Crippen LogP contribution in [0.5, 0.6) is 5.75 Å². The molecule has 0 saturated heterocycles. The maximum absolute atomic E-state index is 13.4. The number of rotatable bonds is 9. The Morgan fingerprint density at radius 2 is 1.61 bits per heavy atom. The number of sulfonamides is 1. The topological polar surface area (TPSA) is 75.7 Å². The third-order valence-electron chi connectivity index (χ3n) is 4.80. The fraction of sp³-hybridized carbons (Fsp3) is 0.208. The number of aryl methyl sites for hydroxylation is 1. The molecule has 7 heteroatoms. The Kier molecular flexibility index (Phi) is 7.31. The summed E-state index contributed by atoms with van der Waals surface area (Å²) in [6, 6.07) is 23.1. The van der Waals surface area contributed by atoms with E-state index in [0.717, 1.165) is 15.4 Å². The summed E-state index contributed by atoms with van der Waals surface area (Å²) in [5, 5.41) is 2.82. The maximum atomic E-state index is 13.4. The van der Waals surface area contributed by atoms with Crippen LogP contribution in [0.4, 0.5) is 5.69 Å². The van der Waals surface area contributed by atoms with Crippen LogP contribution in [0.25, 0.3) is 0 Å². The first kappa shape index (κ1) is 22.4. The van der Waals surface area contributed by atoms with E-state index in [0.29, 0.717) is 24.4 Å². The van der Waals surface area contributed by atoms with Crippen LogP contribution in [0.15, 0.2) is 83.8 Å². The van der Waals surface area contributed by atoms with Gasteiger partial charge in [0.2, 0.25) is 5.91 Å². The number of nitrogens with zero attached hydrogens (tertiary/aromatic N) is 1. The van der Waals surface area contributed by atoms with Gasteiger partial charge >= 0.3 is 0 Å². The highest BCUT2D eigenvalue weighted by Crippen LogP contribution is 2.33. The highest BCUT2D eigenvalue weighted by Gasteiger charge is 2.29. The van der Waals surface area contributed by atoms with Gasteiger partial charge in [-0.1, -0.05) is 54.6 Å². The van der Waals surface area contributed by atoms with E-state index in [1.807, 2.05) is 43.3 Å². The van der Waals surface area contributed by atoms with Gasteiger partial charge in [0.25, 0.3) is 10.0 Å². The predicted molar refractivity (Wildman–Crippen MR) is 122 cm³/mol. The number of carbonyl (C=O) groups excluding carboxylic acids is 1. The Bertz CT molecular complexity index is 1120. The van der Waals surface area contributed by atoms with Crippen LogP contribution in [-0.2, 0) is 21.2 Å².